The monoisotopic (exact) mass is 308 g/mol. The van der Waals surface area contributed by atoms with Gasteiger partial charge in [-0.25, -0.2) is 4.79 Å². The summed E-state index contributed by atoms with van der Waals surface area (Å²) >= 11 is 0. The van der Waals surface area contributed by atoms with E-state index in [0.29, 0.717) is 11.4 Å². The standard InChI is InChI=1S/C17H28N2O3/c1-16(2,3)22-15(20)19-13-9-8-12(10-14(13)21-7)11-17(4,5)18-6/h8-10,18H,11H2,1-7H3,(H,19,20). The van der Waals surface area contributed by atoms with Crippen LogP contribution in [0, 0.1) is 0 Å². The van der Waals surface area contributed by atoms with Crippen molar-refractivity contribution >= 4 is 11.8 Å². The molecule has 2 N–H and O–H groups in total. The van der Waals surface area contributed by atoms with Gasteiger partial charge in [-0.05, 0) is 65.8 Å². The molecule has 124 valence electrons. The molecule has 0 aliphatic carbocycles. The number of rotatable bonds is 5. The van der Waals surface area contributed by atoms with Gasteiger partial charge in [-0.3, -0.25) is 5.32 Å². The highest BCUT2D eigenvalue weighted by molar-refractivity contribution is 5.87. The van der Waals surface area contributed by atoms with Crippen molar-refractivity contribution in [2.45, 2.75) is 52.2 Å². The second-order valence-corrected chi connectivity index (χ2v) is 6.97. The van der Waals surface area contributed by atoms with Gasteiger partial charge in [0.2, 0.25) is 0 Å². The fraction of sp³-hybridized carbons (Fsp3) is 0.588. The first-order valence-electron chi connectivity index (χ1n) is 7.42. The molecule has 0 saturated heterocycles. The lowest BCUT2D eigenvalue weighted by atomic mass is 9.95. The summed E-state index contributed by atoms with van der Waals surface area (Å²) < 4.78 is 10.6. The molecule has 0 aliphatic rings. The van der Waals surface area contributed by atoms with Crippen molar-refractivity contribution in [3.8, 4) is 5.75 Å². The fourth-order valence-electron chi connectivity index (χ4n) is 1.96. The van der Waals surface area contributed by atoms with Gasteiger partial charge in [-0.1, -0.05) is 6.07 Å². The average molecular weight is 308 g/mol. The van der Waals surface area contributed by atoms with E-state index in [1.165, 1.54) is 0 Å². The van der Waals surface area contributed by atoms with Crippen LogP contribution in [0.4, 0.5) is 10.5 Å². The van der Waals surface area contributed by atoms with E-state index in [1.807, 2.05) is 46.0 Å². The van der Waals surface area contributed by atoms with E-state index >= 15 is 0 Å². The van der Waals surface area contributed by atoms with Crippen LogP contribution in [0.5, 0.6) is 5.75 Å². The van der Waals surface area contributed by atoms with Gasteiger partial charge in [-0.2, -0.15) is 0 Å². The molecule has 22 heavy (non-hydrogen) atoms. The molecule has 0 spiro atoms. The van der Waals surface area contributed by atoms with Crippen LogP contribution in [-0.2, 0) is 11.2 Å². The van der Waals surface area contributed by atoms with Gasteiger partial charge in [-0.15, -0.1) is 0 Å². The number of benzene rings is 1. The Hall–Kier alpha value is -1.75. The molecule has 1 rings (SSSR count). The molecule has 0 radical (unpaired) electrons. The Bertz CT molecular complexity index is 519. The summed E-state index contributed by atoms with van der Waals surface area (Å²) in [7, 11) is 3.53. The van der Waals surface area contributed by atoms with Crippen molar-refractivity contribution in [1.29, 1.82) is 0 Å². The molecular weight excluding hydrogens is 280 g/mol. The van der Waals surface area contributed by atoms with Gasteiger partial charge in [0, 0.05) is 5.54 Å². The minimum atomic E-state index is -0.534. The van der Waals surface area contributed by atoms with Gasteiger partial charge in [0.25, 0.3) is 0 Å². The normalized spacial score (nSPS) is 12.0. The van der Waals surface area contributed by atoms with Crippen LogP contribution in [0.15, 0.2) is 18.2 Å². The Morgan fingerprint density at radius 3 is 2.32 bits per heavy atom. The minimum Gasteiger partial charge on any atom is -0.495 e. The molecule has 1 aromatic carbocycles. The first kappa shape index (κ1) is 18.3. The Morgan fingerprint density at radius 1 is 1.18 bits per heavy atom. The van der Waals surface area contributed by atoms with Crippen LogP contribution in [0.2, 0.25) is 0 Å². The molecule has 1 aromatic rings. The predicted molar refractivity (Wildman–Crippen MR) is 89.7 cm³/mol. The van der Waals surface area contributed by atoms with Gasteiger partial charge in [0.15, 0.2) is 0 Å². The number of hydrogen-bond donors (Lipinski definition) is 2. The summed E-state index contributed by atoms with van der Waals surface area (Å²) in [6, 6.07) is 5.75. The number of ether oxygens (including phenoxy) is 2. The van der Waals surface area contributed by atoms with E-state index in [0.717, 1.165) is 12.0 Å². The highest BCUT2D eigenvalue weighted by atomic mass is 16.6. The molecule has 0 heterocycles. The molecule has 0 fully saturated rings. The van der Waals surface area contributed by atoms with E-state index in [4.69, 9.17) is 9.47 Å². The van der Waals surface area contributed by atoms with E-state index in [1.54, 1.807) is 7.11 Å². The molecule has 0 saturated carbocycles. The van der Waals surface area contributed by atoms with Crippen LogP contribution < -0.4 is 15.4 Å². The maximum Gasteiger partial charge on any atom is 0.412 e. The molecule has 0 unspecified atom stereocenters. The fourth-order valence-corrected chi connectivity index (χ4v) is 1.96. The number of nitrogens with one attached hydrogen (secondary N) is 2. The van der Waals surface area contributed by atoms with Gasteiger partial charge in [0.1, 0.15) is 11.4 Å². The number of methoxy groups -OCH3 is 1. The van der Waals surface area contributed by atoms with E-state index < -0.39 is 11.7 Å². The van der Waals surface area contributed by atoms with Crippen molar-refractivity contribution < 1.29 is 14.3 Å². The highest BCUT2D eigenvalue weighted by Gasteiger charge is 2.19. The maximum atomic E-state index is 11.9. The van der Waals surface area contributed by atoms with Gasteiger partial charge >= 0.3 is 6.09 Å². The summed E-state index contributed by atoms with van der Waals surface area (Å²) in [5, 5.41) is 5.99. The average Bonchev–Trinajstić information content (AvgIpc) is 2.38. The van der Waals surface area contributed by atoms with Crippen LogP contribution in [0.1, 0.15) is 40.2 Å². The molecule has 0 aromatic heterocycles. The topological polar surface area (TPSA) is 59.6 Å². The molecule has 0 atom stereocenters. The van der Waals surface area contributed by atoms with Crippen molar-refractivity contribution in [2.75, 3.05) is 19.5 Å². The lowest BCUT2D eigenvalue weighted by Crippen LogP contribution is -2.38. The smallest absolute Gasteiger partial charge is 0.412 e. The Balaban J connectivity index is 2.88. The number of amides is 1. The van der Waals surface area contributed by atoms with Crippen molar-refractivity contribution in [1.82, 2.24) is 5.32 Å². The number of anilines is 1. The third-order valence-corrected chi connectivity index (χ3v) is 3.22. The van der Waals surface area contributed by atoms with Crippen molar-refractivity contribution in [3.63, 3.8) is 0 Å². The number of carbonyl (C=O) groups is 1. The minimum absolute atomic E-state index is 0.00881. The maximum absolute atomic E-state index is 11.9. The largest absolute Gasteiger partial charge is 0.495 e. The molecule has 5 nitrogen and oxygen atoms in total. The van der Waals surface area contributed by atoms with Crippen molar-refractivity contribution in [3.05, 3.63) is 23.8 Å². The summed E-state index contributed by atoms with van der Waals surface area (Å²) in [4.78, 5) is 11.9. The third kappa shape index (κ3) is 5.93. The Kier molecular flexibility index (Phi) is 5.83. The Morgan fingerprint density at radius 2 is 1.82 bits per heavy atom. The third-order valence-electron chi connectivity index (χ3n) is 3.22. The SMILES string of the molecule is CNC(C)(C)Cc1ccc(NC(=O)OC(C)(C)C)c(OC)c1. The lowest BCUT2D eigenvalue weighted by Gasteiger charge is -2.24. The van der Waals surface area contributed by atoms with E-state index in [9.17, 15) is 4.79 Å². The zero-order valence-electron chi connectivity index (χ0n) is 14.7. The summed E-state index contributed by atoms with van der Waals surface area (Å²) in [5.41, 5.74) is 1.19. The lowest BCUT2D eigenvalue weighted by molar-refractivity contribution is 0.0635. The first-order chi connectivity index (χ1) is 10.1. The molecular formula is C17H28N2O3. The second kappa shape index (κ2) is 7.01. The van der Waals surface area contributed by atoms with Crippen LogP contribution in [-0.4, -0.2) is 31.4 Å². The summed E-state index contributed by atoms with van der Waals surface area (Å²) in [5.74, 6) is 0.621. The first-order valence-corrected chi connectivity index (χ1v) is 7.42. The zero-order chi connectivity index (χ0) is 17.0. The molecule has 0 bridgehead atoms. The van der Waals surface area contributed by atoms with Crippen LogP contribution in [0.25, 0.3) is 0 Å². The van der Waals surface area contributed by atoms with Crippen LogP contribution in [0.3, 0.4) is 0 Å². The highest BCUT2D eigenvalue weighted by Crippen LogP contribution is 2.27. The Labute approximate surface area is 133 Å². The number of hydrogen-bond acceptors (Lipinski definition) is 4. The molecule has 0 aliphatic heterocycles. The van der Waals surface area contributed by atoms with Gasteiger partial charge in [0.05, 0.1) is 12.8 Å². The van der Waals surface area contributed by atoms with Crippen molar-refractivity contribution in [2.24, 2.45) is 0 Å². The van der Waals surface area contributed by atoms with E-state index in [2.05, 4.69) is 24.5 Å². The second-order valence-electron chi connectivity index (χ2n) is 6.97. The molecule has 1 amide bonds. The van der Waals surface area contributed by atoms with Gasteiger partial charge < -0.3 is 14.8 Å². The zero-order valence-corrected chi connectivity index (χ0v) is 14.7. The summed E-state index contributed by atoms with van der Waals surface area (Å²) in [6.07, 6.45) is 0.362. The number of likely N-dealkylation sites (N-methyl/N-ethyl adjacent to an activating group) is 1. The predicted octanol–water partition coefficient (Wildman–Crippen LogP) is 3.58. The quantitative estimate of drug-likeness (QED) is 0.873. The molecule has 5 heteroatoms. The summed E-state index contributed by atoms with van der Waals surface area (Å²) in [6.45, 7) is 9.74. The van der Waals surface area contributed by atoms with Crippen LogP contribution >= 0.6 is 0 Å². The van der Waals surface area contributed by atoms with E-state index in [-0.39, 0.29) is 5.54 Å². The number of carbonyl (C=O) groups excluding carboxylic acids is 1.